The van der Waals surface area contributed by atoms with Crippen molar-refractivity contribution in [1.29, 1.82) is 0 Å². The Morgan fingerprint density at radius 2 is 1.59 bits per heavy atom. The van der Waals surface area contributed by atoms with Crippen molar-refractivity contribution in [2.45, 2.75) is 25.7 Å². The minimum atomic E-state index is -4.40. The summed E-state index contributed by atoms with van der Waals surface area (Å²) in [5, 5.41) is 5.94. The number of aromatic nitrogens is 1. The van der Waals surface area contributed by atoms with Crippen molar-refractivity contribution in [2.75, 3.05) is 5.32 Å². The van der Waals surface area contributed by atoms with Crippen molar-refractivity contribution in [3.63, 3.8) is 0 Å². The molecule has 1 aromatic heterocycles. The van der Waals surface area contributed by atoms with Crippen LogP contribution in [0.4, 0.5) is 18.9 Å². The number of carbonyl (C=O) groups is 1. The van der Waals surface area contributed by atoms with E-state index in [4.69, 9.17) is 0 Å². The van der Waals surface area contributed by atoms with Crippen LogP contribution in [-0.4, -0.2) is 10.9 Å². The van der Waals surface area contributed by atoms with Gasteiger partial charge in [-0.05, 0) is 53.1 Å². The number of hydrogen-bond acceptors (Lipinski definition) is 3. The fourth-order valence-corrected chi connectivity index (χ4v) is 2.75. The zero-order chi connectivity index (χ0) is 20.7. The molecular formula is C22H20F3N3O. The van der Waals surface area contributed by atoms with Gasteiger partial charge < -0.3 is 10.6 Å². The molecule has 0 aliphatic rings. The summed E-state index contributed by atoms with van der Waals surface area (Å²) in [4.78, 5) is 16.1. The second-order valence-corrected chi connectivity index (χ2v) is 6.56. The molecular weight excluding hydrogens is 379 g/mol. The van der Waals surface area contributed by atoms with Crippen molar-refractivity contribution >= 4 is 11.6 Å². The third-order valence-corrected chi connectivity index (χ3v) is 4.31. The minimum Gasteiger partial charge on any atom is -0.381 e. The van der Waals surface area contributed by atoms with Gasteiger partial charge in [0.15, 0.2) is 0 Å². The largest absolute Gasteiger partial charge is 0.416 e. The topological polar surface area (TPSA) is 54.0 Å². The first kappa shape index (κ1) is 20.4. The molecule has 0 aliphatic carbocycles. The molecule has 0 saturated heterocycles. The highest BCUT2D eigenvalue weighted by Crippen LogP contribution is 2.29. The Morgan fingerprint density at radius 3 is 2.28 bits per heavy atom. The highest BCUT2D eigenvalue weighted by Gasteiger charge is 2.30. The normalized spacial score (nSPS) is 11.1. The summed E-state index contributed by atoms with van der Waals surface area (Å²) in [6, 6.07) is 16.3. The molecule has 0 radical (unpaired) electrons. The first-order valence-electron chi connectivity index (χ1n) is 9.05. The Bertz CT molecular complexity index is 942. The van der Waals surface area contributed by atoms with Crippen LogP contribution in [0.2, 0.25) is 0 Å². The molecule has 0 atom stereocenters. The quantitative estimate of drug-likeness (QED) is 0.612. The predicted molar refractivity (Wildman–Crippen MR) is 105 cm³/mol. The van der Waals surface area contributed by atoms with E-state index in [1.807, 2.05) is 36.4 Å². The Morgan fingerprint density at radius 1 is 0.862 bits per heavy atom. The summed E-state index contributed by atoms with van der Waals surface area (Å²) >= 11 is 0. The van der Waals surface area contributed by atoms with Crippen LogP contribution in [0.5, 0.6) is 0 Å². The number of alkyl halides is 3. The van der Waals surface area contributed by atoms with Gasteiger partial charge in [0.2, 0.25) is 5.91 Å². The molecule has 29 heavy (non-hydrogen) atoms. The van der Waals surface area contributed by atoms with Gasteiger partial charge in [-0.15, -0.1) is 0 Å². The van der Waals surface area contributed by atoms with Crippen molar-refractivity contribution < 1.29 is 18.0 Å². The van der Waals surface area contributed by atoms with E-state index in [-0.39, 0.29) is 18.9 Å². The Hall–Kier alpha value is -3.35. The van der Waals surface area contributed by atoms with Crippen LogP contribution in [0.25, 0.3) is 0 Å². The fourth-order valence-electron chi connectivity index (χ4n) is 2.75. The highest BCUT2D eigenvalue weighted by molar-refractivity contribution is 5.78. The molecule has 0 aliphatic heterocycles. The van der Waals surface area contributed by atoms with Crippen LogP contribution in [-0.2, 0) is 30.5 Å². The van der Waals surface area contributed by atoms with Crippen molar-refractivity contribution in [3.05, 3.63) is 95.3 Å². The van der Waals surface area contributed by atoms with E-state index in [1.54, 1.807) is 18.5 Å². The monoisotopic (exact) mass is 399 g/mol. The number of pyridine rings is 1. The van der Waals surface area contributed by atoms with Gasteiger partial charge in [-0.3, -0.25) is 9.78 Å². The summed E-state index contributed by atoms with van der Waals surface area (Å²) in [5.74, 6) is -0.250. The van der Waals surface area contributed by atoms with E-state index in [9.17, 15) is 18.0 Å². The van der Waals surface area contributed by atoms with E-state index < -0.39 is 11.7 Å². The van der Waals surface area contributed by atoms with Crippen LogP contribution in [0, 0.1) is 0 Å². The number of anilines is 1. The molecule has 7 heteroatoms. The highest BCUT2D eigenvalue weighted by atomic mass is 19.4. The molecule has 150 valence electrons. The third-order valence-electron chi connectivity index (χ3n) is 4.31. The minimum absolute atomic E-state index is 0.0499. The summed E-state index contributed by atoms with van der Waals surface area (Å²) in [6.07, 6.45) is -0.771. The zero-order valence-electron chi connectivity index (χ0n) is 15.5. The molecule has 3 rings (SSSR count). The predicted octanol–water partition coefficient (Wildman–Crippen LogP) is 4.57. The molecule has 0 bridgehead atoms. The smallest absolute Gasteiger partial charge is 0.381 e. The number of rotatable bonds is 7. The maximum atomic E-state index is 12.7. The van der Waals surface area contributed by atoms with Crippen LogP contribution in [0.3, 0.4) is 0 Å². The Kier molecular flexibility index (Phi) is 6.49. The third kappa shape index (κ3) is 6.34. The number of amides is 1. The molecule has 0 spiro atoms. The number of nitrogens with zero attached hydrogens (tertiary/aromatic N) is 1. The van der Waals surface area contributed by atoms with E-state index in [0.717, 1.165) is 28.9 Å². The van der Waals surface area contributed by atoms with Crippen LogP contribution in [0.1, 0.15) is 22.3 Å². The van der Waals surface area contributed by atoms with Crippen molar-refractivity contribution in [3.8, 4) is 0 Å². The molecule has 2 aromatic carbocycles. The van der Waals surface area contributed by atoms with Gasteiger partial charge in [0.25, 0.3) is 0 Å². The number of carbonyl (C=O) groups excluding carboxylic acids is 1. The van der Waals surface area contributed by atoms with E-state index in [1.165, 1.54) is 6.07 Å². The van der Waals surface area contributed by atoms with Gasteiger partial charge in [-0.1, -0.05) is 24.3 Å². The van der Waals surface area contributed by atoms with Gasteiger partial charge in [0.1, 0.15) is 0 Å². The van der Waals surface area contributed by atoms with Gasteiger partial charge in [0.05, 0.1) is 12.0 Å². The maximum absolute atomic E-state index is 12.7. The number of nitrogens with one attached hydrogen (secondary N) is 2. The summed E-state index contributed by atoms with van der Waals surface area (Å²) in [5.41, 5.74) is 2.54. The average Bonchev–Trinajstić information content (AvgIpc) is 2.72. The van der Waals surface area contributed by atoms with Crippen LogP contribution >= 0.6 is 0 Å². The lowest BCUT2D eigenvalue weighted by Crippen LogP contribution is -2.24. The van der Waals surface area contributed by atoms with Crippen molar-refractivity contribution in [1.82, 2.24) is 10.3 Å². The van der Waals surface area contributed by atoms with Gasteiger partial charge >= 0.3 is 6.18 Å². The molecule has 2 N–H and O–H groups in total. The lowest BCUT2D eigenvalue weighted by atomic mass is 10.1. The molecule has 0 fully saturated rings. The van der Waals surface area contributed by atoms with E-state index in [2.05, 4.69) is 15.6 Å². The SMILES string of the molecule is O=C(Cc1ccc(NCc2ccncc2)cc1)NCc1cccc(C(F)(F)F)c1. The zero-order valence-corrected chi connectivity index (χ0v) is 15.5. The number of hydrogen-bond donors (Lipinski definition) is 2. The first-order valence-corrected chi connectivity index (χ1v) is 9.05. The fraction of sp³-hybridized carbons (Fsp3) is 0.182. The van der Waals surface area contributed by atoms with Crippen LogP contribution in [0.15, 0.2) is 73.1 Å². The first-order chi connectivity index (χ1) is 13.9. The lowest BCUT2D eigenvalue weighted by Gasteiger charge is -2.10. The number of benzene rings is 2. The lowest BCUT2D eigenvalue weighted by molar-refractivity contribution is -0.137. The summed E-state index contributed by atoms with van der Waals surface area (Å²) in [7, 11) is 0. The van der Waals surface area contributed by atoms with Gasteiger partial charge in [0, 0.05) is 31.2 Å². The van der Waals surface area contributed by atoms with Gasteiger partial charge in [-0.2, -0.15) is 13.2 Å². The summed E-state index contributed by atoms with van der Waals surface area (Å²) < 4.78 is 38.2. The van der Waals surface area contributed by atoms with Crippen LogP contribution < -0.4 is 10.6 Å². The second kappa shape index (κ2) is 9.23. The standard InChI is InChI=1S/C22H20F3N3O/c23-22(24,25)19-3-1-2-18(12-19)15-28-21(29)13-16-4-6-20(7-5-16)27-14-17-8-10-26-11-9-17/h1-12,27H,13-15H2,(H,28,29). The second-order valence-electron chi connectivity index (χ2n) is 6.56. The number of halogens is 3. The van der Waals surface area contributed by atoms with Crippen molar-refractivity contribution in [2.24, 2.45) is 0 Å². The molecule has 0 unspecified atom stereocenters. The molecule has 4 nitrogen and oxygen atoms in total. The average molecular weight is 399 g/mol. The summed E-state index contributed by atoms with van der Waals surface area (Å²) in [6.45, 7) is 0.716. The molecule has 0 saturated carbocycles. The Balaban J connectivity index is 1.48. The maximum Gasteiger partial charge on any atom is 0.416 e. The Labute approximate surface area is 166 Å². The van der Waals surface area contributed by atoms with Gasteiger partial charge in [-0.25, -0.2) is 0 Å². The molecule has 1 heterocycles. The molecule has 1 amide bonds. The van der Waals surface area contributed by atoms with E-state index >= 15 is 0 Å². The van der Waals surface area contributed by atoms with E-state index in [0.29, 0.717) is 12.1 Å². The molecule has 3 aromatic rings.